The molecule has 9 aromatic carbocycles. The first-order chi connectivity index (χ1) is 24.3. The second kappa shape index (κ2) is 11.4. The van der Waals surface area contributed by atoms with Crippen molar-refractivity contribution in [2.45, 2.75) is 0 Å². The predicted octanol–water partition coefficient (Wildman–Crippen LogP) is 11.9. The summed E-state index contributed by atoms with van der Waals surface area (Å²) < 4.78 is 0. The van der Waals surface area contributed by atoms with Crippen molar-refractivity contribution in [2.24, 2.45) is 0 Å². The van der Waals surface area contributed by atoms with E-state index < -0.39 is 7.92 Å². The van der Waals surface area contributed by atoms with Crippen molar-refractivity contribution in [1.29, 1.82) is 0 Å². The van der Waals surface area contributed by atoms with Gasteiger partial charge in [0.25, 0.3) is 0 Å². The first kappa shape index (κ1) is 28.2. The topological polar surface area (TPSA) is 0 Å². The van der Waals surface area contributed by atoms with Gasteiger partial charge in [-0.25, -0.2) is 0 Å². The van der Waals surface area contributed by atoms with E-state index in [0.29, 0.717) is 0 Å². The molecule has 10 rings (SSSR count). The number of hydrogen-bond acceptors (Lipinski definition) is 0. The molecule has 0 radical (unpaired) electrons. The predicted molar refractivity (Wildman–Crippen MR) is 213 cm³/mol. The normalized spacial score (nSPS) is 12.4. The second-order valence-electron chi connectivity index (χ2n) is 12.9. The Balaban J connectivity index is 1.22. The van der Waals surface area contributed by atoms with Gasteiger partial charge in [-0.2, -0.15) is 0 Å². The Labute approximate surface area is 287 Å². The van der Waals surface area contributed by atoms with E-state index in [1.165, 1.54) is 92.7 Å². The maximum atomic E-state index is 2.39. The molecular weight excluding hydrogens is 608 g/mol. The molecule has 0 aromatic heterocycles. The number of fused-ring (bicyclic) bond motifs is 5. The molecule has 1 heteroatoms. The summed E-state index contributed by atoms with van der Waals surface area (Å²) in [6, 6.07) is 69.8. The molecule has 0 fully saturated rings. The van der Waals surface area contributed by atoms with Crippen molar-refractivity contribution in [3.8, 4) is 44.5 Å². The summed E-state index contributed by atoms with van der Waals surface area (Å²) in [4.78, 5) is 0. The van der Waals surface area contributed by atoms with Crippen molar-refractivity contribution in [2.75, 3.05) is 0 Å². The molecule has 0 amide bonds. The van der Waals surface area contributed by atoms with Crippen LogP contribution in [0.2, 0.25) is 0 Å². The van der Waals surface area contributed by atoms with Crippen LogP contribution in [0.4, 0.5) is 0 Å². The summed E-state index contributed by atoms with van der Waals surface area (Å²) in [5, 5.41) is 11.9. The van der Waals surface area contributed by atoms with Crippen LogP contribution in [0.15, 0.2) is 188 Å². The zero-order chi connectivity index (χ0) is 32.3. The lowest BCUT2D eigenvalue weighted by atomic mass is 9.82. The van der Waals surface area contributed by atoms with Gasteiger partial charge in [0.2, 0.25) is 0 Å². The van der Waals surface area contributed by atoms with E-state index in [9.17, 15) is 0 Å². The molecule has 9 aromatic rings. The summed E-state index contributed by atoms with van der Waals surface area (Å²) >= 11 is 0. The molecule has 0 bridgehead atoms. The molecule has 0 nitrogen and oxygen atoms in total. The summed E-state index contributed by atoms with van der Waals surface area (Å²) in [5.74, 6) is 0. The van der Waals surface area contributed by atoms with E-state index >= 15 is 0 Å². The van der Waals surface area contributed by atoms with Crippen LogP contribution in [0.25, 0.3) is 76.8 Å². The molecule has 0 spiro atoms. The van der Waals surface area contributed by atoms with Gasteiger partial charge in [-0.05, 0) is 107 Å². The summed E-state index contributed by atoms with van der Waals surface area (Å²) in [6.07, 6.45) is 0. The van der Waals surface area contributed by atoms with Gasteiger partial charge in [-0.3, -0.25) is 0 Å². The van der Waals surface area contributed by atoms with Crippen LogP contribution in [0, 0.1) is 0 Å². The summed E-state index contributed by atoms with van der Waals surface area (Å²) in [5.41, 5.74) is 10.5. The average molecular weight is 639 g/mol. The van der Waals surface area contributed by atoms with E-state index in [0.717, 1.165) is 0 Å². The van der Waals surface area contributed by atoms with Gasteiger partial charge in [-0.15, -0.1) is 0 Å². The molecule has 228 valence electrons. The van der Waals surface area contributed by atoms with Crippen molar-refractivity contribution >= 4 is 56.2 Å². The minimum Gasteiger partial charge on any atom is -0.0622 e. The Morgan fingerprint density at radius 2 is 0.776 bits per heavy atom. The lowest BCUT2D eigenvalue weighted by molar-refractivity contribution is 1.63. The minimum absolute atomic E-state index is 0.741. The van der Waals surface area contributed by atoms with E-state index in [1.807, 2.05) is 0 Å². The number of benzene rings is 9. The Morgan fingerprint density at radius 1 is 0.286 bits per heavy atom. The fourth-order valence-electron chi connectivity index (χ4n) is 8.06. The van der Waals surface area contributed by atoms with Gasteiger partial charge in [0.1, 0.15) is 0 Å². The highest BCUT2D eigenvalue weighted by Crippen LogP contribution is 2.57. The molecule has 1 atom stereocenters. The van der Waals surface area contributed by atoms with Crippen LogP contribution in [0.5, 0.6) is 0 Å². The van der Waals surface area contributed by atoms with Crippen molar-refractivity contribution < 1.29 is 0 Å². The number of rotatable bonds is 5. The van der Waals surface area contributed by atoms with Crippen LogP contribution in [-0.4, -0.2) is 0 Å². The number of hydrogen-bond donors (Lipinski definition) is 0. The van der Waals surface area contributed by atoms with Gasteiger partial charge in [0.15, 0.2) is 0 Å². The molecule has 1 aliphatic rings. The molecule has 0 saturated heterocycles. The minimum atomic E-state index is -0.741. The van der Waals surface area contributed by atoms with Crippen LogP contribution in [-0.2, 0) is 0 Å². The van der Waals surface area contributed by atoms with Crippen molar-refractivity contribution in [3.05, 3.63) is 188 Å². The third kappa shape index (κ3) is 4.49. The molecule has 0 aliphatic heterocycles. The molecule has 1 unspecified atom stereocenters. The fourth-order valence-corrected chi connectivity index (χ4v) is 10.4. The molecular formula is C48H31P. The summed E-state index contributed by atoms with van der Waals surface area (Å²) in [7, 11) is -0.741. The fraction of sp³-hybridized carbons (Fsp3) is 0. The zero-order valence-corrected chi connectivity index (χ0v) is 27.7. The van der Waals surface area contributed by atoms with Crippen molar-refractivity contribution in [1.82, 2.24) is 0 Å². The van der Waals surface area contributed by atoms with E-state index in [1.54, 1.807) is 0 Å². The lowest BCUT2D eigenvalue weighted by Crippen LogP contribution is -2.20. The first-order valence-corrected chi connectivity index (χ1v) is 18.3. The van der Waals surface area contributed by atoms with Gasteiger partial charge in [0, 0.05) is 0 Å². The molecule has 0 heterocycles. The Kier molecular flexibility index (Phi) is 6.57. The van der Waals surface area contributed by atoms with E-state index in [2.05, 4.69) is 188 Å². The zero-order valence-electron chi connectivity index (χ0n) is 26.8. The molecule has 49 heavy (non-hydrogen) atoms. The van der Waals surface area contributed by atoms with Gasteiger partial charge in [0.05, 0.1) is 0 Å². The van der Waals surface area contributed by atoms with Gasteiger partial charge in [-0.1, -0.05) is 182 Å². The second-order valence-corrected chi connectivity index (χ2v) is 15.1. The third-order valence-electron chi connectivity index (χ3n) is 10.1. The van der Waals surface area contributed by atoms with E-state index in [4.69, 9.17) is 0 Å². The quantitative estimate of drug-likeness (QED) is 0.165. The summed E-state index contributed by atoms with van der Waals surface area (Å²) in [6.45, 7) is 0. The van der Waals surface area contributed by atoms with Crippen LogP contribution >= 0.6 is 7.92 Å². The highest BCUT2D eigenvalue weighted by atomic mass is 31.1. The van der Waals surface area contributed by atoms with E-state index in [-0.39, 0.29) is 0 Å². The standard InChI is InChI=1S/C48H31P/c1-3-14-34(15-4-1)45-40-21-9-10-22-41(40)46(48-43-24-12-18-33-17-11-23-42(44(33)43)47(45)48)35-26-28-38(29-27-35)49(37-19-5-2-6-20-37)39-30-25-32-13-7-8-16-36(32)31-39/h1-31H. The maximum absolute atomic E-state index is 2.39. The third-order valence-corrected chi connectivity index (χ3v) is 12.6. The smallest absolute Gasteiger partial charge is 0.000742 e. The first-order valence-electron chi connectivity index (χ1n) is 16.9. The Bertz CT molecular complexity index is 2680. The lowest BCUT2D eigenvalue weighted by Gasteiger charge is -2.22. The van der Waals surface area contributed by atoms with Crippen molar-refractivity contribution in [3.63, 3.8) is 0 Å². The van der Waals surface area contributed by atoms with Gasteiger partial charge < -0.3 is 0 Å². The highest BCUT2D eigenvalue weighted by molar-refractivity contribution is 7.79. The SMILES string of the molecule is c1ccc(-c2c3c(c(-c4ccc(P(c5ccccc5)c5ccc6ccccc6c5)cc4)c4ccccc24)-c2cccc4cccc-3c24)cc1. The monoisotopic (exact) mass is 638 g/mol. The van der Waals surface area contributed by atoms with Crippen LogP contribution < -0.4 is 15.9 Å². The molecule has 1 aliphatic carbocycles. The highest BCUT2D eigenvalue weighted by Gasteiger charge is 2.30. The average Bonchev–Trinajstić information content (AvgIpc) is 3.50. The van der Waals surface area contributed by atoms with Crippen LogP contribution in [0.3, 0.4) is 0 Å². The Morgan fingerprint density at radius 3 is 1.43 bits per heavy atom. The molecule has 0 N–H and O–H groups in total. The van der Waals surface area contributed by atoms with Crippen LogP contribution in [0.1, 0.15) is 0 Å². The molecule has 0 saturated carbocycles. The maximum Gasteiger partial charge on any atom is -0.000742 e. The van der Waals surface area contributed by atoms with Gasteiger partial charge >= 0.3 is 0 Å². The Hall–Kier alpha value is -5.81. The largest absolute Gasteiger partial charge is 0.0622 e.